The Kier molecular flexibility index (Phi) is 9.47. The maximum absolute atomic E-state index is 12.0. The minimum Gasteiger partial charge on any atom is -0.394 e. The molecule has 0 aromatic heterocycles. The minimum absolute atomic E-state index is 0.692. The number of hydrogen-bond acceptors (Lipinski definition) is 17. The van der Waals surface area contributed by atoms with Crippen LogP contribution in [0.4, 0.5) is 0 Å². The fourth-order valence-electron chi connectivity index (χ4n) is 3.64. The first-order valence-corrected chi connectivity index (χ1v) is 13.3. The van der Waals surface area contributed by atoms with Gasteiger partial charge >= 0.3 is 16.3 Å². The molecule has 20 heteroatoms. The fourth-order valence-corrected chi connectivity index (χ4v) is 5.87. The summed E-state index contributed by atoms with van der Waals surface area (Å²) in [5.41, 5.74) is 0. The number of carbonyl (C=O) groups is 2. The molecule has 18 nitrogen and oxygen atoms in total. The van der Waals surface area contributed by atoms with Crippen LogP contribution in [0, 0.1) is 5.92 Å². The van der Waals surface area contributed by atoms with Gasteiger partial charge in [0.15, 0.2) is 0 Å². The minimum atomic E-state index is -5.27. The van der Waals surface area contributed by atoms with Gasteiger partial charge in [0, 0.05) is 6.08 Å². The second kappa shape index (κ2) is 11.5. The number of carbonyl (C=O) groups excluding carboxylic acids is 2. The lowest BCUT2D eigenvalue weighted by Gasteiger charge is -2.38. The number of aliphatic hydroxyl groups excluding tert-OH is 6. The van der Waals surface area contributed by atoms with Crippen molar-refractivity contribution in [3.05, 3.63) is 12.2 Å². The van der Waals surface area contributed by atoms with Crippen LogP contribution in [-0.2, 0) is 32.4 Å². The predicted molar refractivity (Wildman–Crippen MR) is 111 cm³/mol. The van der Waals surface area contributed by atoms with Crippen molar-refractivity contribution in [3.63, 3.8) is 0 Å². The average Bonchev–Trinajstić information content (AvgIpc) is 3.06. The molecule has 0 saturated carbocycles. The lowest BCUT2D eigenvalue weighted by atomic mass is 9.93. The highest BCUT2D eigenvalue weighted by Crippen LogP contribution is 2.70. The van der Waals surface area contributed by atoms with E-state index in [1.807, 2.05) is 5.32 Å². The summed E-state index contributed by atoms with van der Waals surface area (Å²) in [5, 5.41) is 60.8. The molecule has 4 unspecified atom stereocenters. The van der Waals surface area contributed by atoms with E-state index in [4.69, 9.17) is 14.6 Å². The zero-order valence-corrected chi connectivity index (χ0v) is 19.9. The van der Waals surface area contributed by atoms with Gasteiger partial charge in [0.2, 0.25) is 18.1 Å². The Morgan fingerprint density at radius 2 is 1.50 bits per heavy atom. The molecular formula is C16H27NO17P2+2. The van der Waals surface area contributed by atoms with Crippen molar-refractivity contribution < 1.29 is 82.6 Å². The highest BCUT2D eigenvalue weighted by Gasteiger charge is 2.64. The summed E-state index contributed by atoms with van der Waals surface area (Å²) in [6.07, 6.45) is -13.4. The number of ether oxygens (including phenoxy) is 2. The molecule has 3 heterocycles. The molecule has 0 radical (unpaired) electrons. The number of imide groups is 1. The summed E-state index contributed by atoms with van der Waals surface area (Å²) < 4.78 is 23.8. The van der Waals surface area contributed by atoms with E-state index in [1.54, 1.807) is 0 Å². The Hall–Kier alpha value is -0.860. The highest BCUT2D eigenvalue weighted by atomic mass is 31.3. The highest BCUT2D eigenvalue weighted by molar-refractivity contribution is 7.68. The summed E-state index contributed by atoms with van der Waals surface area (Å²) >= 11 is 0. The van der Waals surface area contributed by atoms with Crippen LogP contribution in [0.3, 0.4) is 0 Å². The zero-order chi connectivity index (χ0) is 27.0. The molecular weight excluding hydrogens is 540 g/mol. The first-order chi connectivity index (χ1) is 16.7. The van der Waals surface area contributed by atoms with E-state index in [0.29, 0.717) is 0 Å². The Morgan fingerprint density at radius 1 is 0.861 bits per heavy atom. The van der Waals surface area contributed by atoms with Crippen LogP contribution in [0.1, 0.15) is 0 Å². The maximum atomic E-state index is 12.0. The first-order valence-electron chi connectivity index (χ1n) is 10.2. The van der Waals surface area contributed by atoms with Crippen molar-refractivity contribution in [2.75, 3.05) is 13.2 Å². The molecule has 206 valence electrons. The summed E-state index contributed by atoms with van der Waals surface area (Å²) in [6, 6.07) is 0. The van der Waals surface area contributed by atoms with Crippen molar-refractivity contribution in [1.82, 2.24) is 5.32 Å². The standard InChI is InChI=1S/C16H26NO17P2/c18-3-6-9(20)11(22)13(24)16(32-6)33-36(28,29)34-35(26,27)30-4-7-10(21)12(23)14(31-7)5-1-2-8(19)17-15(5)25/h1-2,5-7,9-14,16,18,20-24,26-29H,3-4H2/q+1/p+1/t5?,6?,7-,9-,10+,11-,12?,13?,14+,16-/m1/s1. The number of aliphatic hydroxyl groups is 6. The molecule has 0 aromatic carbocycles. The van der Waals surface area contributed by atoms with Crippen molar-refractivity contribution in [2.45, 2.75) is 55.1 Å². The van der Waals surface area contributed by atoms with E-state index >= 15 is 0 Å². The SMILES string of the molecule is O=C1C=CC([C@@H]2O[C@H](CO[P+](O)(O)O[P+](O)(O)O[C@H]3OC(CO)[C@@H](O)[C@@H](O)C3O)[C@H](O)C2O)C(=O)N1. The molecule has 0 aliphatic carbocycles. The molecule has 2 amide bonds. The van der Waals surface area contributed by atoms with Crippen LogP contribution in [0.25, 0.3) is 0 Å². The number of rotatable bonds is 9. The largest absolute Gasteiger partial charge is 0.622 e. The van der Waals surface area contributed by atoms with Gasteiger partial charge in [-0.15, -0.1) is 9.05 Å². The van der Waals surface area contributed by atoms with Gasteiger partial charge < -0.3 is 40.1 Å². The molecule has 0 spiro atoms. The van der Waals surface area contributed by atoms with E-state index in [-0.39, 0.29) is 0 Å². The quantitative estimate of drug-likeness (QED) is 0.0914. The zero-order valence-electron chi connectivity index (χ0n) is 18.1. The number of hydrogen-bond donors (Lipinski definition) is 11. The first kappa shape index (κ1) is 29.7. The van der Waals surface area contributed by atoms with Crippen LogP contribution in [0.5, 0.6) is 0 Å². The monoisotopic (exact) mass is 567 g/mol. The lowest BCUT2D eigenvalue weighted by Crippen LogP contribution is -2.59. The van der Waals surface area contributed by atoms with Gasteiger partial charge in [-0.3, -0.25) is 14.9 Å². The molecule has 0 bridgehead atoms. The normalized spacial score (nSPS) is 39.9. The van der Waals surface area contributed by atoms with Crippen molar-refractivity contribution >= 4 is 28.2 Å². The van der Waals surface area contributed by atoms with E-state index in [1.165, 1.54) is 0 Å². The topological polar surface area (TPSA) is 295 Å². The summed E-state index contributed by atoms with van der Waals surface area (Å²) in [5.74, 6) is -2.67. The molecule has 2 fully saturated rings. The maximum Gasteiger partial charge on any atom is 0.622 e. The van der Waals surface area contributed by atoms with Crippen molar-refractivity contribution in [2.24, 2.45) is 5.92 Å². The van der Waals surface area contributed by atoms with Crippen LogP contribution in [0.2, 0.25) is 0 Å². The van der Waals surface area contributed by atoms with E-state index < -0.39 is 102 Å². The van der Waals surface area contributed by atoms with Gasteiger partial charge in [-0.25, -0.2) is 0 Å². The second-order valence-corrected chi connectivity index (χ2v) is 11.1. The third-order valence-electron chi connectivity index (χ3n) is 5.47. The Morgan fingerprint density at radius 3 is 2.11 bits per heavy atom. The van der Waals surface area contributed by atoms with Crippen LogP contribution < -0.4 is 5.32 Å². The smallest absolute Gasteiger partial charge is 0.394 e. The van der Waals surface area contributed by atoms with Gasteiger partial charge in [0.1, 0.15) is 55.4 Å². The van der Waals surface area contributed by atoms with Crippen molar-refractivity contribution in [3.8, 4) is 0 Å². The molecule has 3 rings (SSSR count). The third kappa shape index (κ3) is 6.76. The van der Waals surface area contributed by atoms with Crippen LogP contribution >= 0.6 is 16.3 Å². The fraction of sp³-hybridized carbons (Fsp3) is 0.750. The summed E-state index contributed by atoms with van der Waals surface area (Å²) in [7, 11) is -10.4. The molecule has 2 saturated heterocycles. The number of amides is 2. The molecule has 3 aliphatic rings. The third-order valence-corrected chi connectivity index (χ3v) is 8.14. The van der Waals surface area contributed by atoms with E-state index in [9.17, 15) is 54.7 Å². The molecule has 10 atom stereocenters. The van der Waals surface area contributed by atoms with E-state index in [0.717, 1.165) is 12.2 Å². The van der Waals surface area contributed by atoms with Crippen LogP contribution in [0.15, 0.2) is 12.2 Å². The Bertz CT molecular complexity index is 841. The van der Waals surface area contributed by atoms with Gasteiger partial charge in [-0.2, -0.15) is 19.6 Å². The summed E-state index contributed by atoms with van der Waals surface area (Å²) in [6.45, 7) is -1.77. The Balaban J connectivity index is 1.57. The molecule has 0 aromatic rings. The van der Waals surface area contributed by atoms with Gasteiger partial charge in [0.05, 0.1) is 16.8 Å². The van der Waals surface area contributed by atoms with E-state index in [2.05, 4.69) is 13.4 Å². The molecule has 11 N–H and O–H groups in total. The van der Waals surface area contributed by atoms with Crippen molar-refractivity contribution in [1.29, 1.82) is 0 Å². The summed E-state index contributed by atoms with van der Waals surface area (Å²) in [4.78, 5) is 62.9. The second-order valence-electron chi connectivity index (χ2n) is 8.02. The lowest BCUT2D eigenvalue weighted by molar-refractivity contribution is -0.282. The van der Waals surface area contributed by atoms with Gasteiger partial charge in [-0.1, -0.05) is 6.08 Å². The van der Waals surface area contributed by atoms with Gasteiger partial charge in [-0.05, 0) is 0 Å². The van der Waals surface area contributed by atoms with Gasteiger partial charge in [0.25, 0.3) is 0 Å². The van der Waals surface area contributed by atoms with Crippen LogP contribution in [-0.4, -0.2) is 130 Å². The predicted octanol–water partition coefficient (Wildman–Crippen LogP) is -5.52. The number of nitrogens with one attached hydrogen (secondary N) is 1. The molecule has 36 heavy (non-hydrogen) atoms. The average molecular weight is 567 g/mol. The molecule has 3 aliphatic heterocycles. The Labute approximate surface area is 203 Å².